The molecule has 0 saturated carbocycles. The topological polar surface area (TPSA) is 57.9 Å². The molecule has 7 heteroatoms. The van der Waals surface area contributed by atoms with Crippen LogP contribution in [-0.2, 0) is 11.8 Å². The maximum absolute atomic E-state index is 5.89. The van der Waals surface area contributed by atoms with E-state index in [9.17, 15) is 0 Å². The average molecular weight is 377 g/mol. The van der Waals surface area contributed by atoms with Crippen LogP contribution in [0.3, 0.4) is 0 Å². The molecule has 0 amide bonds. The van der Waals surface area contributed by atoms with E-state index < -0.39 is 0 Å². The fraction of sp³-hybridized carbons (Fsp3) is 0.800. The number of hydrogen-bond donors (Lipinski definition) is 1. The van der Waals surface area contributed by atoms with Crippen LogP contribution in [0, 0.1) is 0 Å². The van der Waals surface area contributed by atoms with Gasteiger partial charge in [-0.1, -0.05) is 0 Å². The average Bonchev–Trinajstić information content (AvgIpc) is 3.24. The molecule has 2 aliphatic rings. The maximum atomic E-state index is 5.89. The summed E-state index contributed by atoms with van der Waals surface area (Å²) in [6, 6.07) is 0. The van der Waals surface area contributed by atoms with Gasteiger partial charge in [-0.15, -0.1) is 0 Å². The van der Waals surface area contributed by atoms with Crippen LogP contribution in [0.15, 0.2) is 17.4 Å². The molecule has 3 unspecified atom stereocenters. The first-order valence-corrected chi connectivity index (χ1v) is 10.1. The molecule has 0 aromatic carbocycles. The molecule has 1 N–H and O–H groups in total. The molecule has 0 spiro atoms. The lowest BCUT2D eigenvalue weighted by Crippen LogP contribution is -2.59. The summed E-state index contributed by atoms with van der Waals surface area (Å²) in [5, 5.41) is 7.95. The van der Waals surface area contributed by atoms with Crippen molar-refractivity contribution in [2.75, 3.05) is 39.8 Å². The van der Waals surface area contributed by atoms with Gasteiger partial charge in [-0.2, -0.15) is 5.10 Å². The first-order valence-electron chi connectivity index (χ1n) is 10.1. The molecule has 27 heavy (non-hydrogen) atoms. The van der Waals surface area contributed by atoms with Crippen molar-refractivity contribution in [3.05, 3.63) is 18.0 Å². The van der Waals surface area contributed by atoms with Crippen molar-refractivity contribution >= 4 is 5.96 Å². The Morgan fingerprint density at radius 3 is 2.59 bits per heavy atom. The minimum atomic E-state index is 0.0463. The molecule has 3 rings (SSSR count). The van der Waals surface area contributed by atoms with Gasteiger partial charge in [0.15, 0.2) is 5.96 Å². The zero-order valence-corrected chi connectivity index (χ0v) is 17.8. The fourth-order valence-electron chi connectivity index (χ4n) is 4.29. The molecule has 0 bridgehead atoms. The molecule has 7 nitrogen and oxygen atoms in total. The number of aromatic nitrogens is 2. The van der Waals surface area contributed by atoms with E-state index in [1.165, 1.54) is 5.56 Å². The number of nitrogens with one attached hydrogen (secondary N) is 1. The zero-order valence-electron chi connectivity index (χ0n) is 17.8. The number of nitrogens with zero attached hydrogens (tertiary/aromatic N) is 5. The van der Waals surface area contributed by atoms with E-state index in [1.54, 1.807) is 0 Å². The molecule has 2 saturated heterocycles. The molecule has 1 aromatic rings. The molecule has 2 fully saturated rings. The number of ether oxygens (including phenoxy) is 1. The third-order valence-corrected chi connectivity index (χ3v) is 5.85. The molecule has 0 radical (unpaired) electrons. The zero-order chi connectivity index (χ0) is 19.6. The van der Waals surface area contributed by atoms with Crippen LogP contribution in [0.2, 0.25) is 0 Å². The summed E-state index contributed by atoms with van der Waals surface area (Å²) in [4.78, 5) is 9.46. The van der Waals surface area contributed by atoms with Gasteiger partial charge < -0.3 is 15.0 Å². The Kier molecular flexibility index (Phi) is 6.11. The minimum absolute atomic E-state index is 0.0463. The second-order valence-electron chi connectivity index (χ2n) is 8.75. The standard InChI is InChI=1S/C20H36N6O/c1-15-10-26(11-16(2)27-15)20(3,4)14-22-19(21-5)25-8-7-17(13-25)18-9-23-24(6)12-18/h9,12,15-17H,7-8,10-11,13-14H2,1-6H3,(H,21,22). The smallest absolute Gasteiger partial charge is 0.193 e. The number of likely N-dealkylation sites (tertiary alicyclic amines) is 1. The Labute approximate surface area is 163 Å². The van der Waals surface area contributed by atoms with E-state index in [0.717, 1.165) is 45.1 Å². The Morgan fingerprint density at radius 2 is 2.00 bits per heavy atom. The van der Waals surface area contributed by atoms with Gasteiger partial charge in [0.2, 0.25) is 0 Å². The van der Waals surface area contributed by atoms with Gasteiger partial charge in [-0.3, -0.25) is 14.6 Å². The van der Waals surface area contributed by atoms with E-state index in [2.05, 4.69) is 59.1 Å². The highest BCUT2D eigenvalue weighted by Gasteiger charge is 2.34. The van der Waals surface area contributed by atoms with Gasteiger partial charge in [0.25, 0.3) is 0 Å². The Hall–Kier alpha value is -1.60. The summed E-state index contributed by atoms with van der Waals surface area (Å²) in [5.74, 6) is 1.54. The summed E-state index contributed by atoms with van der Waals surface area (Å²) in [6.07, 6.45) is 5.84. The molecule has 2 aliphatic heterocycles. The van der Waals surface area contributed by atoms with E-state index in [-0.39, 0.29) is 17.7 Å². The highest BCUT2D eigenvalue weighted by molar-refractivity contribution is 5.80. The van der Waals surface area contributed by atoms with Crippen LogP contribution in [0.25, 0.3) is 0 Å². The quantitative estimate of drug-likeness (QED) is 0.640. The Balaban J connectivity index is 1.56. The Bertz CT molecular complexity index is 645. The summed E-state index contributed by atoms with van der Waals surface area (Å²) in [7, 11) is 3.86. The van der Waals surface area contributed by atoms with Crippen molar-refractivity contribution < 1.29 is 4.74 Å². The lowest BCUT2D eigenvalue weighted by Gasteiger charge is -2.45. The summed E-state index contributed by atoms with van der Waals surface area (Å²) >= 11 is 0. The molecular formula is C20H36N6O. The first-order chi connectivity index (χ1) is 12.8. The predicted molar refractivity (Wildman–Crippen MR) is 109 cm³/mol. The van der Waals surface area contributed by atoms with Gasteiger partial charge in [0.05, 0.1) is 18.4 Å². The number of aliphatic imine (C=N–C) groups is 1. The molecular weight excluding hydrogens is 340 g/mol. The second-order valence-corrected chi connectivity index (χ2v) is 8.75. The maximum Gasteiger partial charge on any atom is 0.193 e. The van der Waals surface area contributed by atoms with Crippen molar-refractivity contribution in [3.8, 4) is 0 Å². The van der Waals surface area contributed by atoms with Crippen molar-refractivity contribution in [2.24, 2.45) is 12.0 Å². The van der Waals surface area contributed by atoms with E-state index in [1.807, 2.05) is 25.0 Å². The lowest BCUT2D eigenvalue weighted by molar-refractivity contribution is -0.0947. The molecule has 152 valence electrons. The van der Waals surface area contributed by atoms with Crippen molar-refractivity contribution in [1.82, 2.24) is 24.9 Å². The number of hydrogen-bond acceptors (Lipinski definition) is 4. The van der Waals surface area contributed by atoms with Crippen molar-refractivity contribution in [2.45, 2.75) is 57.8 Å². The van der Waals surface area contributed by atoms with Gasteiger partial charge >= 0.3 is 0 Å². The monoisotopic (exact) mass is 376 g/mol. The lowest BCUT2D eigenvalue weighted by atomic mass is 10.00. The van der Waals surface area contributed by atoms with Crippen molar-refractivity contribution in [1.29, 1.82) is 0 Å². The highest BCUT2D eigenvalue weighted by atomic mass is 16.5. The van der Waals surface area contributed by atoms with Crippen LogP contribution in [0.1, 0.15) is 45.6 Å². The van der Waals surface area contributed by atoms with Gasteiger partial charge in [0, 0.05) is 64.5 Å². The summed E-state index contributed by atoms with van der Waals surface area (Å²) < 4.78 is 7.78. The van der Waals surface area contributed by atoms with E-state index in [4.69, 9.17) is 4.74 Å². The van der Waals surface area contributed by atoms with Gasteiger partial charge in [-0.05, 0) is 39.7 Å². The number of morpholine rings is 1. The number of aryl methyl sites for hydroxylation is 1. The third-order valence-electron chi connectivity index (χ3n) is 5.85. The second kappa shape index (κ2) is 8.19. The van der Waals surface area contributed by atoms with Crippen LogP contribution >= 0.6 is 0 Å². The normalized spacial score (nSPS) is 28.0. The van der Waals surface area contributed by atoms with Crippen LogP contribution in [0.4, 0.5) is 0 Å². The molecule has 3 atom stereocenters. The molecule has 3 heterocycles. The Morgan fingerprint density at radius 1 is 1.30 bits per heavy atom. The van der Waals surface area contributed by atoms with Gasteiger partial charge in [0.1, 0.15) is 0 Å². The molecule has 1 aromatic heterocycles. The van der Waals surface area contributed by atoms with Crippen LogP contribution in [-0.4, -0.2) is 83.1 Å². The predicted octanol–water partition coefficient (Wildman–Crippen LogP) is 1.67. The number of guanidine groups is 1. The van der Waals surface area contributed by atoms with Crippen LogP contribution < -0.4 is 5.32 Å². The molecule has 0 aliphatic carbocycles. The summed E-state index contributed by atoms with van der Waals surface area (Å²) in [5.41, 5.74) is 1.37. The highest BCUT2D eigenvalue weighted by Crippen LogP contribution is 2.27. The van der Waals surface area contributed by atoms with E-state index >= 15 is 0 Å². The first kappa shape index (κ1) is 20.1. The fourth-order valence-corrected chi connectivity index (χ4v) is 4.29. The number of rotatable bonds is 4. The van der Waals surface area contributed by atoms with Crippen molar-refractivity contribution in [3.63, 3.8) is 0 Å². The minimum Gasteiger partial charge on any atom is -0.373 e. The third kappa shape index (κ3) is 4.82. The SMILES string of the molecule is CN=C(NCC(C)(C)N1CC(C)OC(C)C1)N1CCC(c2cnn(C)c2)C1. The largest absolute Gasteiger partial charge is 0.373 e. The van der Waals surface area contributed by atoms with E-state index in [0.29, 0.717) is 5.92 Å². The van der Waals surface area contributed by atoms with Gasteiger partial charge in [-0.25, -0.2) is 0 Å². The summed E-state index contributed by atoms with van der Waals surface area (Å²) in [6.45, 7) is 13.8. The van der Waals surface area contributed by atoms with Crippen LogP contribution in [0.5, 0.6) is 0 Å².